The van der Waals surface area contributed by atoms with Gasteiger partial charge in [-0.2, -0.15) is 0 Å². The molecule has 0 aromatic carbocycles. The van der Waals surface area contributed by atoms with E-state index in [4.69, 9.17) is 0 Å². The number of hydrogen-bond donors (Lipinski definition) is 1. The number of esters is 1. The maximum Gasteiger partial charge on any atom is 0.328 e. The molecule has 0 radical (unpaired) electrons. The average molecular weight is 201 g/mol. The molecular weight excluding hydrogens is 182 g/mol. The van der Waals surface area contributed by atoms with E-state index in [1.807, 2.05) is 0 Å². The summed E-state index contributed by atoms with van der Waals surface area (Å²) in [5.74, 6) is -0.562. The fourth-order valence-corrected chi connectivity index (χ4v) is 1.24. The fraction of sp³-hybridized carbons (Fsp3) is 0.800. The first-order chi connectivity index (χ1) is 6.61. The van der Waals surface area contributed by atoms with E-state index in [2.05, 4.69) is 17.0 Å². The summed E-state index contributed by atoms with van der Waals surface area (Å²) in [5.41, 5.74) is 0. The monoisotopic (exact) mass is 201 g/mol. The van der Waals surface area contributed by atoms with Crippen LogP contribution in [0.25, 0.3) is 0 Å². The number of amides is 1. The Hall–Kier alpha value is -1.06. The Kier molecular flexibility index (Phi) is 6.80. The molecule has 82 valence electrons. The van der Waals surface area contributed by atoms with Crippen LogP contribution < -0.4 is 5.32 Å². The van der Waals surface area contributed by atoms with Gasteiger partial charge in [0.1, 0.15) is 6.04 Å². The predicted octanol–water partition coefficient (Wildman–Crippen LogP) is 1.24. The van der Waals surface area contributed by atoms with Crippen molar-refractivity contribution < 1.29 is 14.3 Å². The maximum absolute atomic E-state index is 11.2. The minimum atomic E-state index is -0.482. The standard InChI is InChI=1S/C10H19NO3/c1-4-5-6-7-9(10(13)14-3)11-8(2)12/h9H,4-7H2,1-3H3,(H,11,12)/t9-/m1/s1. The molecule has 14 heavy (non-hydrogen) atoms. The average Bonchev–Trinajstić information content (AvgIpc) is 2.15. The molecule has 1 atom stereocenters. The van der Waals surface area contributed by atoms with Gasteiger partial charge in [-0.05, 0) is 6.42 Å². The van der Waals surface area contributed by atoms with E-state index in [0.717, 1.165) is 19.3 Å². The molecule has 0 saturated heterocycles. The van der Waals surface area contributed by atoms with E-state index in [1.165, 1.54) is 14.0 Å². The molecule has 1 amide bonds. The number of nitrogens with one attached hydrogen (secondary N) is 1. The lowest BCUT2D eigenvalue weighted by Gasteiger charge is -2.14. The highest BCUT2D eigenvalue weighted by molar-refractivity contribution is 5.83. The third-order valence-corrected chi connectivity index (χ3v) is 1.96. The van der Waals surface area contributed by atoms with Crippen molar-refractivity contribution in [2.24, 2.45) is 0 Å². The van der Waals surface area contributed by atoms with Crippen LogP contribution in [0.4, 0.5) is 0 Å². The third kappa shape index (κ3) is 5.56. The van der Waals surface area contributed by atoms with Crippen molar-refractivity contribution in [3.63, 3.8) is 0 Å². The Morgan fingerprint density at radius 2 is 2.00 bits per heavy atom. The number of hydrogen-bond acceptors (Lipinski definition) is 3. The van der Waals surface area contributed by atoms with Crippen LogP contribution in [-0.2, 0) is 14.3 Å². The van der Waals surface area contributed by atoms with Crippen molar-refractivity contribution in [2.75, 3.05) is 7.11 Å². The summed E-state index contributed by atoms with van der Waals surface area (Å²) in [5, 5.41) is 2.58. The molecule has 4 heteroatoms. The topological polar surface area (TPSA) is 55.4 Å². The van der Waals surface area contributed by atoms with Gasteiger partial charge >= 0.3 is 5.97 Å². The lowest BCUT2D eigenvalue weighted by molar-refractivity contribution is -0.145. The van der Waals surface area contributed by atoms with E-state index < -0.39 is 6.04 Å². The Labute approximate surface area is 85.0 Å². The number of rotatable bonds is 6. The second kappa shape index (κ2) is 7.35. The number of carbonyl (C=O) groups excluding carboxylic acids is 2. The van der Waals surface area contributed by atoms with Gasteiger partial charge in [-0.25, -0.2) is 4.79 Å². The highest BCUT2D eigenvalue weighted by Gasteiger charge is 2.18. The summed E-state index contributed by atoms with van der Waals surface area (Å²) < 4.78 is 4.59. The molecule has 0 rings (SSSR count). The lowest BCUT2D eigenvalue weighted by atomic mass is 10.1. The van der Waals surface area contributed by atoms with Gasteiger partial charge in [-0.3, -0.25) is 4.79 Å². The Balaban J connectivity index is 3.97. The largest absolute Gasteiger partial charge is 0.467 e. The zero-order valence-corrected chi connectivity index (χ0v) is 9.13. The molecule has 0 aliphatic heterocycles. The van der Waals surface area contributed by atoms with Crippen LogP contribution in [-0.4, -0.2) is 25.0 Å². The second-order valence-corrected chi connectivity index (χ2v) is 3.27. The van der Waals surface area contributed by atoms with Crippen LogP contribution in [0.3, 0.4) is 0 Å². The molecule has 0 spiro atoms. The minimum Gasteiger partial charge on any atom is -0.467 e. The van der Waals surface area contributed by atoms with Crippen LogP contribution in [0.2, 0.25) is 0 Å². The SMILES string of the molecule is CCCCC[C@@H](NC(C)=O)C(=O)OC. The van der Waals surface area contributed by atoms with Crippen LogP contribution >= 0.6 is 0 Å². The van der Waals surface area contributed by atoms with Crippen molar-refractivity contribution in [1.82, 2.24) is 5.32 Å². The summed E-state index contributed by atoms with van der Waals surface area (Å²) in [7, 11) is 1.33. The molecular formula is C10H19NO3. The summed E-state index contributed by atoms with van der Waals surface area (Å²) in [6.07, 6.45) is 3.73. The van der Waals surface area contributed by atoms with Gasteiger partial charge in [0.05, 0.1) is 7.11 Å². The Bertz CT molecular complexity index is 192. The number of carbonyl (C=O) groups is 2. The van der Waals surface area contributed by atoms with E-state index in [0.29, 0.717) is 6.42 Å². The van der Waals surface area contributed by atoms with E-state index in [1.54, 1.807) is 0 Å². The molecule has 0 aromatic rings. The molecule has 0 aliphatic rings. The third-order valence-electron chi connectivity index (χ3n) is 1.96. The minimum absolute atomic E-state index is 0.197. The number of methoxy groups -OCH3 is 1. The molecule has 0 aromatic heterocycles. The summed E-state index contributed by atoms with van der Waals surface area (Å²) in [6.45, 7) is 3.49. The van der Waals surface area contributed by atoms with Gasteiger partial charge in [-0.1, -0.05) is 26.2 Å². The Morgan fingerprint density at radius 1 is 1.36 bits per heavy atom. The zero-order valence-electron chi connectivity index (χ0n) is 9.13. The Morgan fingerprint density at radius 3 is 2.43 bits per heavy atom. The molecule has 0 bridgehead atoms. The lowest BCUT2D eigenvalue weighted by Crippen LogP contribution is -2.40. The molecule has 0 fully saturated rings. The van der Waals surface area contributed by atoms with Crippen LogP contribution in [0.5, 0.6) is 0 Å². The molecule has 4 nitrogen and oxygen atoms in total. The second-order valence-electron chi connectivity index (χ2n) is 3.27. The van der Waals surface area contributed by atoms with E-state index in [9.17, 15) is 9.59 Å². The van der Waals surface area contributed by atoms with Crippen molar-refractivity contribution >= 4 is 11.9 Å². The molecule has 0 unspecified atom stereocenters. The number of unbranched alkanes of at least 4 members (excludes halogenated alkanes) is 2. The zero-order chi connectivity index (χ0) is 11.0. The van der Waals surface area contributed by atoms with Crippen LogP contribution in [0.15, 0.2) is 0 Å². The smallest absolute Gasteiger partial charge is 0.328 e. The first-order valence-corrected chi connectivity index (χ1v) is 4.96. The van der Waals surface area contributed by atoms with Gasteiger partial charge in [0.2, 0.25) is 5.91 Å². The molecule has 0 aliphatic carbocycles. The molecule has 0 saturated carbocycles. The summed E-state index contributed by atoms with van der Waals surface area (Å²) in [6, 6.07) is -0.482. The van der Waals surface area contributed by atoms with Gasteiger partial charge in [0.15, 0.2) is 0 Å². The highest BCUT2D eigenvalue weighted by atomic mass is 16.5. The van der Waals surface area contributed by atoms with Gasteiger partial charge in [-0.15, -0.1) is 0 Å². The molecule has 0 heterocycles. The van der Waals surface area contributed by atoms with Crippen molar-refractivity contribution in [3.8, 4) is 0 Å². The summed E-state index contributed by atoms with van der Waals surface area (Å²) in [4.78, 5) is 22.0. The van der Waals surface area contributed by atoms with Crippen LogP contribution in [0.1, 0.15) is 39.5 Å². The van der Waals surface area contributed by atoms with Crippen molar-refractivity contribution in [3.05, 3.63) is 0 Å². The van der Waals surface area contributed by atoms with Crippen molar-refractivity contribution in [2.45, 2.75) is 45.6 Å². The van der Waals surface area contributed by atoms with Crippen LogP contribution in [0, 0.1) is 0 Å². The summed E-state index contributed by atoms with van der Waals surface area (Å²) >= 11 is 0. The highest BCUT2D eigenvalue weighted by Crippen LogP contribution is 2.04. The predicted molar refractivity (Wildman–Crippen MR) is 53.8 cm³/mol. The number of ether oxygens (including phenoxy) is 1. The normalized spacial score (nSPS) is 11.9. The van der Waals surface area contributed by atoms with Gasteiger partial charge < -0.3 is 10.1 Å². The van der Waals surface area contributed by atoms with Gasteiger partial charge in [0.25, 0.3) is 0 Å². The first kappa shape index (κ1) is 12.9. The van der Waals surface area contributed by atoms with Gasteiger partial charge in [0, 0.05) is 6.92 Å². The molecule has 1 N–H and O–H groups in total. The van der Waals surface area contributed by atoms with Crippen molar-refractivity contribution in [1.29, 1.82) is 0 Å². The van der Waals surface area contributed by atoms with E-state index >= 15 is 0 Å². The fourth-order valence-electron chi connectivity index (χ4n) is 1.24. The van der Waals surface area contributed by atoms with E-state index in [-0.39, 0.29) is 11.9 Å². The first-order valence-electron chi connectivity index (χ1n) is 4.96. The quantitative estimate of drug-likeness (QED) is 0.519. The maximum atomic E-state index is 11.2.